The first-order valence-electron chi connectivity index (χ1n) is 5.77. The molecule has 0 fully saturated rings. The molecule has 2 heterocycles. The van der Waals surface area contributed by atoms with Crippen LogP contribution in [0.5, 0.6) is 11.5 Å². The standard InChI is InChI=1S/C12H13N5O2/c13-10-6-11(17-12(14)16-10)15-7-1-2-8-9(5-7)19-4-3-18-8/h1-2,5-6H,3-4H2,(H5,13,14,15,16,17). The summed E-state index contributed by atoms with van der Waals surface area (Å²) in [5, 5.41) is 3.09. The molecule has 0 aliphatic carbocycles. The van der Waals surface area contributed by atoms with Gasteiger partial charge in [-0.25, -0.2) is 0 Å². The fourth-order valence-corrected chi connectivity index (χ4v) is 1.82. The number of hydrogen-bond acceptors (Lipinski definition) is 7. The highest BCUT2D eigenvalue weighted by Gasteiger charge is 2.12. The molecule has 3 rings (SSSR count). The van der Waals surface area contributed by atoms with E-state index in [-0.39, 0.29) is 5.95 Å². The zero-order chi connectivity index (χ0) is 13.2. The Labute approximate surface area is 109 Å². The summed E-state index contributed by atoms with van der Waals surface area (Å²) in [7, 11) is 0. The lowest BCUT2D eigenvalue weighted by molar-refractivity contribution is 0.171. The van der Waals surface area contributed by atoms with Gasteiger partial charge in [0.1, 0.15) is 24.8 Å². The number of rotatable bonds is 2. The van der Waals surface area contributed by atoms with Crippen LogP contribution in [0.15, 0.2) is 24.3 Å². The first-order valence-corrected chi connectivity index (χ1v) is 5.77. The van der Waals surface area contributed by atoms with Crippen LogP contribution in [0.4, 0.5) is 23.3 Å². The molecule has 0 saturated heterocycles. The largest absolute Gasteiger partial charge is 0.486 e. The van der Waals surface area contributed by atoms with Gasteiger partial charge in [0, 0.05) is 17.8 Å². The van der Waals surface area contributed by atoms with Gasteiger partial charge in [0.2, 0.25) is 5.95 Å². The van der Waals surface area contributed by atoms with Crippen molar-refractivity contribution in [1.29, 1.82) is 0 Å². The molecule has 7 heteroatoms. The van der Waals surface area contributed by atoms with E-state index in [2.05, 4.69) is 15.3 Å². The molecule has 5 N–H and O–H groups in total. The van der Waals surface area contributed by atoms with E-state index < -0.39 is 0 Å². The molecule has 19 heavy (non-hydrogen) atoms. The average molecular weight is 259 g/mol. The van der Waals surface area contributed by atoms with Gasteiger partial charge in [0.05, 0.1) is 0 Å². The Morgan fingerprint density at radius 3 is 2.58 bits per heavy atom. The minimum absolute atomic E-state index is 0.125. The van der Waals surface area contributed by atoms with Crippen molar-refractivity contribution in [2.45, 2.75) is 0 Å². The minimum atomic E-state index is 0.125. The van der Waals surface area contributed by atoms with Gasteiger partial charge in [-0.2, -0.15) is 9.97 Å². The van der Waals surface area contributed by atoms with E-state index in [0.717, 1.165) is 11.4 Å². The molecule has 0 radical (unpaired) electrons. The lowest BCUT2D eigenvalue weighted by Crippen LogP contribution is -2.15. The third kappa shape index (κ3) is 2.44. The molecule has 1 aliphatic heterocycles. The molecule has 7 nitrogen and oxygen atoms in total. The van der Waals surface area contributed by atoms with Crippen LogP contribution in [0.25, 0.3) is 0 Å². The zero-order valence-electron chi connectivity index (χ0n) is 10.1. The number of nitrogens with one attached hydrogen (secondary N) is 1. The van der Waals surface area contributed by atoms with Gasteiger partial charge >= 0.3 is 0 Å². The van der Waals surface area contributed by atoms with Crippen LogP contribution in [0.2, 0.25) is 0 Å². The van der Waals surface area contributed by atoms with Gasteiger partial charge in [-0.05, 0) is 12.1 Å². The van der Waals surface area contributed by atoms with Crippen molar-refractivity contribution in [3.63, 3.8) is 0 Å². The van der Waals surface area contributed by atoms with Crippen LogP contribution in [0, 0.1) is 0 Å². The summed E-state index contributed by atoms with van der Waals surface area (Å²) < 4.78 is 11.0. The molecular formula is C12H13N5O2. The fourth-order valence-electron chi connectivity index (χ4n) is 1.82. The van der Waals surface area contributed by atoms with Crippen molar-refractivity contribution in [3.8, 4) is 11.5 Å². The molecule has 2 aromatic rings. The molecule has 1 aliphatic rings. The SMILES string of the molecule is Nc1cc(Nc2ccc3c(c2)OCCO3)nc(N)n1. The fraction of sp³-hybridized carbons (Fsp3) is 0.167. The highest BCUT2D eigenvalue weighted by Crippen LogP contribution is 2.33. The van der Waals surface area contributed by atoms with Crippen molar-refractivity contribution in [2.75, 3.05) is 30.0 Å². The van der Waals surface area contributed by atoms with Crippen LogP contribution in [0.3, 0.4) is 0 Å². The highest BCUT2D eigenvalue weighted by atomic mass is 16.6. The van der Waals surface area contributed by atoms with E-state index in [9.17, 15) is 0 Å². The van der Waals surface area contributed by atoms with E-state index in [4.69, 9.17) is 20.9 Å². The molecule has 0 bridgehead atoms. The van der Waals surface area contributed by atoms with Crippen molar-refractivity contribution in [3.05, 3.63) is 24.3 Å². The van der Waals surface area contributed by atoms with Gasteiger partial charge < -0.3 is 26.3 Å². The number of benzene rings is 1. The van der Waals surface area contributed by atoms with Gasteiger partial charge in [0.15, 0.2) is 11.5 Å². The van der Waals surface area contributed by atoms with E-state index in [0.29, 0.717) is 30.6 Å². The molecule has 0 amide bonds. The van der Waals surface area contributed by atoms with Crippen LogP contribution in [-0.2, 0) is 0 Å². The molecule has 98 valence electrons. The molecular weight excluding hydrogens is 246 g/mol. The van der Waals surface area contributed by atoms with E-state index in [1.807, 2.05) is 18.2 Å². The topological polar surface area (TPSA) is 108 Å². The Kier molecular flexibility index (Phi) is 2.71. The molecule has 0 unspecified atom stereocenters. The first kappa shape index (κ1) is 11.4. The van der Waals surface area contributed by atoms with Crippen molar-refractivity contribution < 1.29 is 9.47 Å². The van der Waals surface area contributed by atoms with Gasteiger partial charge in [-0.3, -0.25) is 0 Å². The summed E-state index contributed by atoms with van der Waals surface area (Å²) in [5.41, 5.74) is 12.0. The molecule has 1 aromatic carbocycles. The number of fused-ring (bicyclic) bond motifs is 1. The summed E-state index contributed by atoms with van der Waals surface area (Å²) in [6.07, 6.45) is 0. The maximum absolute atomic E-state index is 5.61. The number of nitrogens with two attached hydrogens (primary N) is 2. The maximum Gasteiger partial charge on any atom is 0.223 e. The van der Waals surface area contributed by atoms with E-state index >= 15 is 0 Å². The smallest absolute Gasteiger partial charge is 0.223 e. The summed E-state index contributed by atoms with van der Waals surface area (Å²) in [5.74, 6) is 2.40. The number of ether oxygens (including phenoxy) is 2. The highest BCUT2D eigenvalue weighted by molar-refractivity contribution is 5.63. The van der Waals surface area contributed by atoms with Crippen LogP contribution in [-0.4, -0.2) is 23.2 Å². The molecule has 0 atom stereocenters. The second kappa shape index (κ2) is 4.52. The van der Waals surface area contributed by atoms with E-state index in [1.54, 1.807) is 6.07 Å². The Hall–Kier alpha value is -2.70. The Morgan fingerprint density at radius 1 is 1.00 bits per heavy atom. The van der Waals surface area contributed by atoms with Crippen molar-refractivity contribution >= 4 is 23.3 Å². The quantitative estimate of drug-likeness (QED) is 0.742. The lowest BCUT2D eigenvalue weighted by Gasteiger charge is -2.19. The molecule has 1 aromatic heterocycles. The lowest BCUT2D eigenvalue weighted by atomic mass is 10.2. The van der Waals surface area contributed by atoms with E-state index in [1.165, 1.54) is 0 Å². The van der Waals surface area contributed by atoms with Crippen LogP contribution < -0.4 is 26.3 Å². The monoisotopic (exact) mass is 259 g/mol. The van der Waals surface area contributed by atoms with Crippen LogP contribution >= 0.6 is 0 Å². The van der Waals surface area contributed by atoms with Crippen molar-refractivity contribution in [1.82, 2.24) is 9.97 Å². The average Bonchev–Trinajstić information content (AvgIpc) is 2.37. The third-order valence-electron chi connectivity index (χ3n) is 2.58. The number of nitrogens with zero attached hydrogens (tertiary/aromatic N) is 2. The summed E-state index contributed by atoms with van der Waals surface area (Å²) in [4.78, 5) is 7.85. The number of nitrogen functional groups attached to an aromatic ring is 2. The maximum atomic E-state index is 5.61. The van der Waals surface area contributed by atoms with Gasteiger partial charge in [0.25, 0.3) is 0 Å². The zero-order valence-corrected chi connectivity index (χ0v) is 10.1. The predicted molar refractivity (Wildman–Crippen MR) is 71.6 cm³/mol. The minimum Gasteiger partial charge on any atom is -0.486 e. The predicted octanol–water partition coefficient (Wildman–Crippen LogP) is 1.16. The Morgan fingerprint density at radius 2 is 1.79 bits per heavy atom. The van der Waals surface area contributed by atoms with Crippen molar-refractivity contribution in [2.24, 2.45) is 0 Å². The van der Waals surface area contributed by atoms with Gasteiger partial charge in [-0.15, -0.1) is 0 Å². The second-order valence-corrected chi connectivity index (χ2v) is 4.02. The van der Waals surface area contributed by atoms with Crippen LogP contribution in [0.1, 0.15) is 0 Å². The first-order chi connectivity index (χ1) is 9.20. The summed E-state index contributed by atoms with van der Waals surface area (Å²) >= 11 is 0. The second-order valence-electron chi connectivity index (χ2n) is 4.02. The Bertz CT molecular complexity index is 597. The number of anilines is 4. The molecule has 0 spiro atoms. The number of aromatic nitrogens is 2. The third-order valence-corrected chi connectivity index (χ3v) is 2.58. The summed E-state index contributed by atoms with van der Waals surface area (Å²) in [6, 6.07) is 7.14. The van der Waals surface area contributed by atoms with Gasteiger partial charge in [-0.1, -0.05) is 0 Å². The normalized spacial score (nSPS) is 13.1. The Balaban J connectivity index is 1.86. The molecule has 0 saturated carbocycles. The summed E-state index contributed by atoms with van der Waals surface area (Å²) in [6.45, 7) is 1.11. The number of hydrogen-bond donors (Lipinski definition) is 3.